The number of hydrogen-bond donors (Lipinski definition) is 1. The molecule has 1 aromatic heterocycles. The molecule has 0 radical (unpaired) electrons. The molecular formula is C18H34N2O. The van der Waals surface area contributed by atoms with Gasteiger partial charge in [0.2, 0.25) is 0 Å². The van der Waals surface area contributed by atoms with Gasteiger partial charge in [0.15, 0.2) is 0 Å². The fourth-order valence-corrected chi connectivity index (χ4v) is 2.52. The molecule has 0 saturated heterocycles. The normalized spacial score (nSPS) is 11.8. The summed E-state index contributed by atoms with van der Waals surface area (Å²) in [5.74, 6) is 2.14. The number of unbranched alkanes of at least 4 members (excludes halogenated alkanes) is 2. The average molecular weight is 294 g/mol. The molecule has 1 aromatic rings. The first kappa shape index (κ1) is 18.2. The summed E-state index contributed by atoms with van der Waals surface area (Å²) in [5.41, 5.74) is 1.34. The first-order chi connectivity index (χ1) is 10.1. The van der Waals surface area contributed by atoms with Gasteiger partial charge in [-0.15, -0.1) is 0 Å². The van der Waals surface area contributed by atoms with Crippen molar-refractivity contribution in [3.63, 3.8) is 0 Å². The molecule has 122 valence electrons. The zero-order chi connectivity index (χ0) is 15.7. The van der Waals surface area contributed by atoms with Crippen LogP contribution in [0.3, 0.4) is 0 Å². The molecule has 0 saturated carbocycles. The van der Waals surface area contributed by atoms with Crippen LogP contribution in [-0.4, -0.2) is 24.0 Å². The van der Waals surface area contributed by atoms with Gasteiger partial charge in [-0.2, -0.15) is 0 Å². The van der Waals surface area contributed by atoms with E-state index in [0.717, 1.165) is 37.6 Å². The summed E-state index contributed by atoms with van der Waals surface area (Å²) in [6.45, 7) is 15.2. The van der Waals surface area contributed by atoms with E-state index < -0.39 is 0 Å². The highest BCUT2D eigenvalue weighted by molar-refractivity contribution is 5.20. The second-order valence-corrected chi connectivity index (χ2v) is 6.24. The maximum absolute atomic E-state index is 5.88. The van der Waals surface area contributed by atoms with Crippen LogP contribution >= 0.6 is 0 Å². The summed E-state index contributed by atoms with van der Waals surface area (Å²) in [4.78, 5) is 2.55. The van der Waals surface area contributed by atoms with Crippen molar-refractivity contribution in [2.45, 2.75) is 79.4 Å². The molecule has 1 N–H and O–H groups in total. The third-order valence-electron chi connectivity index (χ3n) is 3.95. The van der Waals surface area contributed by atoms with E-state index in [1.807, 2.05) is 0 Å². The van der Waals surface area contributed by atoms with Crippen LogP contribution in [0.5, 0.6) is 0 Å². The number of aryl methyl sites for hydroxylation is 1. The molecule has 21 heavy (non-hydrogen) atoms. The van der Waals surface area contributed by atoms with Crippen molar-refractivity contribution < 1.29 is 4.42 Å². The summed E-state index contributed by atoms with van der Waals surface area (Å²) in [5, 5.41) is 3.40. The Morgan fingerprint density at radius 3 is 2.57 bits per heavy atom. The van der Waals surface area contributed by atoms with E-state index in [4.69, 9.17) is 4.42 Å². The van der Waals surface area contributed by atoms with Crippen molar-refractivity contribution in [2.24, 2.45) is 0 Å². The third-order valence-corrected chi connectivity index (χ3v) is 3.95. The van der Waals surface area contributed by atoms with Gasteiger partial charge in [0.05, 0.1) is 6.54 Å². The van der Waals surface area contributed by atoms with Crippen LogP contribution in [0.25, 0.3) is 0 Å². The Kier molecular flexibility index (Phi) is 8.70. The highest BCUT2D eigenvalue weighted by atomic mass is 16.3. The lowest BCUT2D eigenvalue weighted by Crippen LogP contribution is -2.31. The number of rotatable bonds is 11. The summed E-state index contributed by atoms with van der Waals surface area (Å²) < 4.78 is 5.88. The highest BCUT2D eigenvalue weighted by Gasteiger charge is 2.14. The first-order valence-corrected chi connectivity index (χ1v) is 8.61. The SMILES string of the molecule is CCCCCN(Cc1cc(CNCCC)oc1C)C(C)C. The van der Waals surface area contributed by atoms with Gasteiger partial charge in [-0.25, -0.2) is 0 Å². The highest BCUT2D eigenvalue weighted by Crippen LogP contribution is 2.18. The third kappa shape index (κ3) is 6.66. The minimum Gasteiger partial charge on any atom is -0.465 e. The Bertz CT molecular complexity index is 385. The predicted molar refractivity (Wildman–Crippen MR) is 90.5 cm³/mol. The van der Waals surface area contributed by atoms with Crippen LogP contribution in [0.4, 0.5) is 0 Å². The Labute approximate surface area is 131 Å². The van der Waals surface area contributed by atoms with E-state index in [9.17, 15) is 0 Å². The summed E-state index contributed by atoms with van der Waals surface area (Å²) in [6, 6.07) is 2.81. The summed E-state index contributed by atoms with van der Waals surface area (Å²) in [7, 11) is 0. The monoisotopic (exact) mass is 294 g/mol. The van der Waals surface area contributed by atoms with Crippen molar-refractivity contribution in [1.82, 2.24) is 10.2 Å². The van der Waals surface area contributed by atoms with Crippen molar-refractivity contribution in [2.75, 3.05) is 13.1 Å². The van der Waals surface area contributed by atoms with Crippen LogP contribution in [-0.2, 0) is 13.1 Å². The summed E-state index contributed by atoms with van der Waals surface area (Å²) >= 11 is 0. The molecule has 0 spiro atoms. The zero-order valence-electron chi connectivity index (χ0n) is 14.7. The van der Waals surface area contributed by atoms with E-state index in [1.165, 1.54) is 31.4 Å². The Balaban J connectivity index is 2.57. The van der Waals surface area contributed by atoms with Gasteiger partial charge in [0.1, 0.15) is 11.5 Å². The van der Waals surface area contributed by atoms with Crippen LogP contribution in [0, 0.1) is 6.92 Å². The number of nitrogens with one attached hydrogen (secondary N) is 1. The van der Waals surface area contributed by atoms with E-state index in [0.29, 0.717) is 6.04 Å². The van der Waals surface area contributed by atoms with Gasteiger partial charge >= 0.3 is 0 Å². The van der Waals surface area contributed by atoms with Crippen molar-refractivity contribution in [3.8, 4) is 0 Å². The standard InChI is InChI=1S/C18H34N2O/c1-6-8-9-11-20(15(3)4)14-17-12-18(21-16(17)5)13-19-10-7-2/h12,15,19H,6-11,13-14H2,1-5H3. The smallest absolute Gasteiger partial charge is 0.118 e. The molecule has 0 unspecified atom stereocenters. The van der Waals surface area contributed by atoms with Crippen molar-refractivity contribution in [3.05, 3.63) is 23.2 Å². The van der Waals surface area contributed by atoms with Gasteiger partial charge in [-0.1, -0.05) is 26.7 Å². The van der Waals surface area contributed by atoms with Crippen LogP contribution < -0.4 is 5.32 Å². The molecule has 0 aliphatic rings. The van der Waals surface area contributed by atoms with Crippen LogP contribution in [0.1, 0.15) is 70.5 Å². The van der Waals surface area contributed by atoms with Gasteiger partial charge in [-0.05, 0) is 52.8 Å². The Hall–Kier alpha value is -0.800. The lowest BCUT2D eigenvalue weighted by atomic mass is 10.1. The van der Waals surface area contributed by atoms with Gasteiger partial charge in [-0.3, -0.25) is 4.90 Å². The second kappa shape index (κ2) is 10.0. The van der Waals surface area contributed by atoms with Gasteiger partial charge in [0, 0.05) is 18.2 Å². The molecule has 3 nitrogen and oxygen atoms in total. The molecule has 0 atom stereocenters. The lowest BCUT2D eigenvalue weighted by molar-refractivity contribution is 0.207. The molecule has 1 heterocycles. The van der Waals surface area contributed by atoms with Gasteiger partial charge in [0.25, 0.3) is 0 Å². The second-order valence-electron chi connectivity index (χ2n) is 6.24. The van der Waals surface area contributed by atoms with Crippen LogP contribution in [0.15, 0.2) is 10.5 Å². The minimum atomic E-state index is 0.581. The average Bonchev–Trinajstić information content (AvgIpc) is 2.78. The largest absolute Gasteiger partial charge is 0.465 e. The maximum atomic E-state index is 5.88. The minimum absolute atomic E-state index is 0.581. The first-order valence-electron chi connectivity index (χ1n) is 8.61. The molecular weight excluding hydrogens is 260 g/mol. The molecule has 0 fully saturated rings. The van der Waals surface area contributed by atoms with E-state index in [1.54, 1.807) is 0 Å². The fraction of sp³-hybridized carbons (Fsp3) is 0.778. The van der Waals surface area contributed by atoms with Crippen molar-refractivity contribution in [1.29, 1.82) is 0 Å². The van der Waals surface area contributed by atoms with E-state index in [2.05, 4.69) is 50.9 Å². The van der Waals surface area contributed by atoms with Gasteiger partial charge < -0.3 is 9.73 Å². The van der Waals surface area contributed by atoms with E-state index in [-0.39, 0.29) is 0 Å². The molecule has 0 aromatic carbocycles. The molecule has 1 rings (SSSR count). The van der Waals surface area contributed by atoms with Crippen molar-refractivity contribution >= 4 is 0 Å². The Morgan fingerprint density at radius 2 is 1.95 bits per heavy atom. The topological polar surface area (TPSA) is 28.4 Å². The predicted octanol–water partition coefficient (Wildman–Crippen LogP) is 4.49. The summed E-state index contributed by atoms with van der Waals surface area (Å²) in [6.07, 6.45) is 5.05. The molecule has 0 aliphatic heterocycles. The quantitative estimate of drug-likeness (QED) is 0.610. The van der Waals surface area contributed by atoms with E-state index >= 15 is 0 Å². The number of furan rings is 1. The fourth-order valence-electron chi connectivity index (χ4n) is 2.52. The number of nitrogens with zero attached hydrogens (tertiary/aromatic N) is 1. The molecule has 0 amide bonds. The zero-order valence-corrected chi connectivity index (χ0v) is 14.7. The lowest BCUT2D eigenvalue weighted by Gasteiger charge is -2.26. The molecule has 0 bridgehead atoms. The Morgan fingerprint density at radius 1 is 1.19 bits per heavy atom. The molecule has 0 aliphatic carbocycles. The number of hydrogen-bond acceptors (Lipinski definition) is 3. The maximum Gasteiger partial charge on any atom is 0.118 e. The van der Waals surface area contributed by atoms with Crippen LogP contribution in [0.2, 0.25) is 0 Å². The molecule has 3 heteroatoms.